The van der Waals surface area contributed by atoms with E-state index in [9.17, 15) is 4.79 Å². The summed E-state index contributed by atoms with van der Waals surface area (Å²) in [5, 5.41) is 11.5. The molecule has 1 unspecified atom stereocenters. The van der Waals surface area contributed by atoms with Gasteiger partial charge in [0, 0.05) is 0 Å². The summed E-state index contributed by atoms with van der Waals surface area (Å²) in [4.78, 5) is 14.5. The molecule has 1 atom stereocenters. The third kappa shape index (κ3) is 4.31. The van der Waals surface area contributed by atoms with Gasteiger partial charge in [-0.1, -0.05) is 0 Å². The van der Waals surface area contributed by atoms with E-state index in [4.69, 9.17) is 16.6 Å². The van der Waals surface area contributed by atoms with Crippen LogP contribution in [0.1, 0.15) is 0 Å². The van der Waals surface area contributed by atoms with Crippen molar-refractivity contribution in [3.63, 3.8) is 0 Å². The summed E-state index contributed by atoms with van der Waals surface area (Å²) in [5.41, 5.74) is 12.9. The molecule has 0 amide bonds. The number of nitrogens with two attached hydrogens (primary N) is 2. The van der Waals surface area contributed by atoms with Crippen molar-refractivity contribution in [3.05, 3.63) is 11.5 Å². The SMILES string of the molecule is CON/C(N)=C(/NCC=O)C(N)O. The quantitative estimate of drug-likeness (QED) is 0.176. The largest absolute Gasteiger partial charge is 0.382 e. The van der Waals surface area contributed by atoms with E-state index in [0.717, 1.165) is 0 Å². The lowest BCUT2D eigenvalue weighted by Gasteiger charge is -2.15. The molecule has 76 valence electrons. The summed E-state index contributed by atoms with van der Waals surface area (Å²) in [6.07, 6.45) is -0.676. The zero-order chi connectivity index (χ0) is 10.3. The second-order valence-electron chi connectivity index (χ2n) is 2.13. The van der Waals surface area contributed by atoms with Crippen LogP contribution < -0.4 is 22.3 Å². The molecule has 7 heteroatoms. The Morgan fingerprint density at radius 1 is 1.77 bits per heavy atom. The number of hydrogen-bond donors (Lipinski definition) is 5. The second-order valence-corrected chi connectivity index (χ2v) is 2.13. The van der Waals surface area contributed by atoms with E-state index in [0.29, 0.717) is 6.29 Å². The summed E-state index contributed by atoms with van der Waals surface area (Å²) in [5.74, 6) is 0.0272. The van der Waals surface area contributed by atoms with Crippen LogP contribution in [0, 0.1) is 0 Å². The lowest BCUT2D eigenvalue weighted by atomic mass is 10.4. The number of aldehydes is 1. The minimum atomic E-state index is -1.29. The van der Waals surface area contributed by atoms with Gasteiger partial charge in [0.15, 0.2) is 0 Å². The van der Waals surface area contributed by atoms with Crippen LogP contribution in [-0.4, -0.2) is 31.3 Å². The van der Waals surface area contributed by atoms with Crippen LogP contribution in [-0.2, 0) is 9.63 Å². The van der Waals surface area contributed by atoms with E-state index in [1.807, 2.05) is 0 Å². The van der Waals surface area contributed by atoms with Crippen molar-refractivity contribution < 1.29 is 14.7 Å². The highest BCUT2D eigenvalue weighted by Crippen LogP contribution is 1.94. The van der Waals surface area contributed by atoms with Crippen LogP contribution in [0.2, 0.25) is 0 Å². The molecule has 0 aliphatic carbocycles. The van der Waals surface area contributed by atoms with Crippen molar-refractivity contribution in [2.24, 2.45) is 11.5 Å². The maximum atomic E-state index is 10.0. The van der Waals surface area contributed by atoms with Crippen LogP contribution in [0.5, 0.6) is 0 Å². The van der Waals surface area contributed by atoms with Gasteiger partial charge in [0.2, 0.25) is 0 Å². The Morgan fingerprint density at radius 2 is 2.38 bits per heavy atom. The molecule has 0 bridgehead atoms. The smallest absolute Gasteiger partial charge is 0.146 e. The maximum Gasteiger partial charge on any atom is 0.146 e. The molecule has 0 aliphatic heterocycles. The van der Waals surface area contributed by atoms with Gasteiger partial charge in [-0.05, 0) is 0 Å². The Morgan fingerprint density at radius 3 is 2.77 bits per heavy atom. The summed E-state index contributed by atoms with van der Waals surface area (Å²) in [6, 6.07) is 0. The number of nitrogens with one attached hydrogen (secondary N) is 2. The van der Waals surface area contributed by atoms with Crippen LogP contribution in [0.25, 0.3) is 0 Å². The zero-order valence-electron chi connectivity index (χ0n) is 7.28. The molecule has 0 saturated heterocycles. The first-order valence-corrected chi connectivity index (χ1v) is 3.53. The van der Waals surface area contributed by atoms with Gasteiger partial charge >= 0.3 is 0 Å². The average Bonchev–Trinajstić information content (AvgIpc) is 2.05. The summed E-state index contributed by atoms with van der Waals surface area (Å²) in [6.45, 7) is 0.00961. The number of carbonyl (C=O) groups excluding carboxylic acids is 1. The molecule has 0 radical (unpaired) electrons. The molecule has 0 rings (SSSR count). The lowest BCUT2D eigenvalue weighted by Crippen LogP contribution is -2.38. The van der Waals surface area contributed by atoms with Gasteiger partial charge in [0.25, 0.3) is 0 Å². The van der Waals surface area contributed by atoms with Gasteiger partial charge in [-0.3, -0.25) is 4.84 Å². The molecule has 7 nitrogen and oxygen atoms in total. The van der Waals surface area contributed by atoms with Crippen molar-refractivity contribution in [3.8, 4) is 0 Å². The van der Waals surface area contributed by atoms with E-state index in [-0.39, 0.29) is 18.1 Å². The first-order valence-electron chi connectivity index (χ1n) is 3.53. The van der Waals surface area contributed by atoms with E-state index < -0.39 is 6.23 Å². The zero-order valence-corrected chi connectivity index (χ0v) is 7.28. The Balaban J connectivity index is 4.36. The minimum Gasteiger partial charge on any atom is -0.382 e. The van der Waals surface area contributed by atoms with E-state index in [1.165, 1.54) is 7.11 Å². The van der Waals surface area contributed by atoms with Crippen LogP contribution >= 0.6 is 0 Å². The molecule has 0 aliphatic rings. The third-order valence-corrected chi connectivity index (χ3v) is 1.17. The predicted molar refractivity (Wildman–Crippen MR) is 45.6 cm³/mol. The van der Waals surface area contributed by atoms with Gasteiger partial charge in [-0.15, -0.1) is 0 Å². The highest BCUT2D eigenvalue weighted by molar-refractivity contribution is 5.52. The first kappa shape index (κ1) is 11.7. The Labute approximate surface area is 75.7 Å². The fourth-order valence-corrected chi connectivity index (χ4v) is 0.676. The number of hydrogen-bond acceptors (Lipinski definition) is 7. The fraction of sp³-hybridized carbons (Fsp3) is 0.500. The molecule has 0 fully saturated rings. The standard InChI is InChI=1S/C6H14N4O3/c1-13-10-5(7)4(6(8)12)9-2-3-11/h3,6,9-10,12H,2,7-8H2,1H3/b5-4+. The maximum absolute atomic E-state index is 10.0. The third-order valence-electron chi connectivity index (χ3n) is 1.17. The summed E-state index contributed by atoms with van der Waals surface area (Å²) < 4.78 is 0. The van der Waals surface area contributed by atoms with Crippen molar-refractivity contribution in [1.82, 2.24) is 10.8 Å². The normalized spacial score (nSPS) is 14.4. The van der Waals surface area contributed by atoms with Crippen molar-refractivity contribution in [1.29, 1.82) is 0 Å². The topological polar surface area (TPSA) is 123 Å². The molecule has 13 heavy (non-hydrogen) atoms. The minimum absolute atomic E-state index is 0.00961. The molecule has 0 heterocycles. The number of hydroxylamine groups is 1. The van der Waals surface area contributed by atoms with Crippen LogP contribution in [0.3, 0.4) is 0 Å². The predicted octanol–water partition coefficient (Wildman–Crippen LogP) is -2.67. The molecular weight excluding hydrogens is 176 g/mol. The fourth-order valence-electron chi connectivity index (χ4n) is 0.676. The number of carbonyl (C=O) groups is 1. The number of rotatable bonds is 6. The highest BCUT2D eigenvalue weighted by Gasteiger charge is 2.09. The molecule has 0 aromatic heterocycles. The van der Waals surface area contributed by atoms with Crippen molar-refractivity contribution in [2.75, 3.05) is 13.7 Å². The lowest BCUT2D eigenvalue weighted by molar-refractivity contribution is -0.107. The van der Waals surface area contributed by atoms with Crippen molar-refractivity contribution >= 4 is 6.29 Å². The number of aliphatic hydroxyl groups is 1. The molecule has 0 aromatic rings. The molecule has 7 N–H and O–H groups in total. The van der Waals surface area contributed by atoms with Gasteiger partial charge in [-0.25, -0.2) is 5.48 Å². The Bertz CT molecular complexity index is 192. The van der Waals surface area contributed by atoms with E-state index in [1.54, 1.807) is 0 Å². The van der Waals surface area contributed by atoms with Gasteiger partial charge in [0.05, 0.1) is 19.4 Å². The van der Waals surface area contributed by atoms with Crippen LogP contribution in [0.4, 0.5) is 0 Å². The molecule has 0 aromatic carbocycles. The molecular formula is C6H14N4O3. The monoisotopic (exact) mass is 190 g/mol. The van der Waals surface area contributed by atoms with Gasteiger partial charge in [-0.2, -0.15) is 0 Å². The Kier molecular flexibility index (Phi) is 5.60. The first-order chi connectivity index (χ1) is 6.13. The molecule has 0 spiro atoms. The van der Waals surface area contributed by atoms with Crippen molar-refractivity contribution in [2.45, 2.75) is 6.23 Å². The van der Waals surface area contributed by atoms with Gasteiger partial charge in [0.1, 0.15) is 18.3 Å². The summed E-state index contributed by atoms with van der Waals surface area (Å²) >= 11 is 0. The average molecular weight is 190 g/mol. The van der Waals surface area contributed by atoms with E-state index in [2.05, 4.69) is 15.6 Å². The summed E-state index contributed by atoms with van der Waals surface area (Å²) in [7, 11) is 1.35. The molecule has 0 saturated carbocycles. The van der Waals surface area contributed by atoms with E-state index >= 15 is 0 Å². The van der Waals surface area contributed by atoms with Gasteiger partial charge < -0.3 is 26.7 Å². The van der Waals surface area contributed by atoms with Crippen LogP contribution in [0.15, 0.2) is 11.5 Å². The Hall–Kier alpha value is -1.31. The second kappa shape index (κ2) is 6.23. The highest BCUT2D eigenvalue weighted by atomic mass is 16.6. The number of aliphatic hydroxyl groups excluding tert-OH is 1.